The minimum atomic E-state index is -1.49. The second-order valence-corrected chi connectivity index (χ2v) is 7.48. The summed E-state index contributed by atoms with van der Waals surface area (Å²) in [6, 6.07) is 0. The SMILES string of the molecule is C=C1C(=O)O[C@H]2[C@H]1[C@H](OC(=O)/C(C)=C\C)C=C(C=O)[C@@H]1CC[C@@](O)(CO)[C@H]21. The van der Waals surface area contributed by atoms with Gasteiger partial charge in [0.15, 0.2) is 0 Å². The number of carbonyl (C=O) groups excluding carboxylic acids is 3. The fourth-order valence-corrected chi connectivity index (χ4v) is 4.49. The number of aliphatic hydroxyl groups is 2. The molecule has 146 valence electrons. The number of rotatable bonds is 4. The zero-order chi connectivity index (χ0) is 19.9. The summed E-state index contributed by atoms with van der Waals surface area (Å²) in [7, 11) is 0. The van der Waals surface area contributed by atoms with Crippen molar-refractivity contribution in [2.75, 3.05) is 6.61 Å². The van der Waals surface area contributed by atoms with Gasteiger partial charge in [0.05, 0.1) is 18.1 Å². The average molecular weight is 376 g/mol. The van der Waals surface area contributed by atoms with Gasteiger partial charge in [-0.25, -0.2) is 9.59 Å². The Bertz CT molecular complexity index is 749. The molecular formula is C20H24O7. The molecule has 0 spiro atoms. The highest BCUT2D eigenvalue weighted by Crippen LogP contribution is 2.53. The van der Waals surface area contributed by atoms with Crippen LogP contribution in [0, 0.1) is 17.8 Å². The molecule has 1 heterocycles. The third kappa shape index (κ3) is 3.04. The van der Waals surface area contributed by atoms with E-state index in [4.69, 9.17) is 9.47 Å². The van der Waals surface area contributed by atoms with E-state index in [0.717, 1.165) is 0 Å². The standard InChI is InChI=1S/C20H24O7/c1-4-10(2)18(23)26-14-7-12(8-21)13-5-6-20(25,9-22)16(13)17-15(14)11(3)19(24)27-17/h4,7-8,13-17,22,25H,3,5-6,9H2,1-2H3/b10-4-/t13-,14+,15+,16-,17-,20+/m0/s1. The Balaban J connectivity index is 2.08. The predicted octanol–water partition coefficient (Wildman–Crippen LogP) is 0.851. The van der Waals surface area contributed by atoms with Crippen LogP contribution in [0.25, 0.3) is 0 Å². The zero-order valence-electron chi connectivity index (χ0n) is 15.4. The summed E-state index contributed by atoms with van der Waals surface area (Å²) in [6.45, 7) is 6.56. The first-order valence-electron chi connectivity index (χ1n) is 9.01. The van der Waals surface area contributed by atoms with Crippen molar-refractivity contribution < 1.29 is 34.1 Å². The first kappa shape index (κ1) is 19.5. The van der Waals surface area contributed by atoms with Gasteiger partial charge in [-0.2, -0.15) is 0 Å². The first-order chi connectivity index (χ1) is 12.8. The van der Waals surface area contributed by atoms with Crippen LogP contribution in [0.1, 0.15) is 26.7 Å². The van der Waals surface area contributed by atoms with Crippen molar-refractivity contribution in [2.24, 2.45) is 17.8 Å². The molecule has 7 nitrogen and oxygen atoms in total. The summed E-state index contributed by atoms with van der Waals surface area (Å²) in [4.78, 5) is 36.3. The second-order valence-electron chi connectivity index (χ2n) is 7.48. The van der Waals surface area contributed by atoms with Crippen molar-refractivity contribution in [3.8, 4) is 0 Å². The van der Waals surface area contributed by atoms with Gasteiger partial charge in [0.1, 0.15) is 18.5 Å². The van der Waals surface area contributed by atoms with Gasteiger partial charge in [-0.1, -0.05) is 12.7 Å². The molecule has 0 radical (unpaired) electrons. The Kier molecular flexibility index (Phi) is 5.10. The van der Waals surface area contributed by atoms with Crippen molar-refractivity contribution in [3.05, 3.63) is 35.5 Å². The Morgan fingerprint density at radius 2 is 2.22 bits per heavy atom. The van der Waals surface area contributed by atoms with E-state index in [1.165, 1.54) is 6.08 Å². The molecule has 1 saturated carbocycles. The van der Waals surface area contributed by atoms with Gasteiger partial charge in [-0.3, -0.25) is 4.79 Å². The second kappa shape index (κ2) is 7.05. The van der Waals surface area contributed by atoms with E-state index in [0.29, 0.717) is 23.9 Å². The highest BCUT2D eigenvalue weighted by Gasteiger charge is 2.60. The highest BCUT2D eigenvalue weighted by molar-refractivity contribution is 5.92. The molecule has 0 aromatic heterocycles. The van der Waals surface area contributed by atoms with Crippen LogP contribution in [0.2, 0.25) is 0 Å². The molecule has 3 aliphatic rings. The topological polar surface area (TPSA) is 110 Å². The van der Waals surface area contributed by atoms with Crippen LogP contribution in [0.4, 0.5) is 0 Å². The van der Waals surface area contributed by atoms with Crippen molar-refractivity contribution >= 4 is 18.2 Å². The molecule has 2 fully saturated rings. The summed E-state index contributed by atoms with van der Waals surface area (Å²) in [5, 5.41) is 20.7. The molecule has 0 aromatic carbocycles. The number of carbonyl (C=O) groups is 3. The molecule has 0 unspecified atom stereocenters. The first-order valence-corrected chi connectivity index (χ1v) is 9.01. The Labute approximate surface area is 157 Å². The number of aldehydes is 1. The summed E-state index contributed by atoms with van der Waals surface area (Å²) >= 11 is 0. The van der Waals surface area contributed by atoms with Crippen molar-refractivity contribution in [1.29, 1.82) is 0 Å². The quantitative estimate of drug-likeness (QED) is 0.425. The number of hydrogen-bond acceptors (Lipinski definition) is 7. The molecule has 0 amide bonds. The van der Waals surface area contributed by atoms with Crippen molar-refractivity contribution in [3.63, 3.8) is 0 Å². The van der Waals surface area contributed by atoms with Gasteiger partial charge in [0, 0.05) is 17.1 Å². The summed E-state index contributed by atoms with van der Waals surface area (Å²) in [5.41, 5.74) is -0.595. The fourth-order valence-electron chi connectivity index (χ4n) is 4.49. The molecule has 7 heteroatoms. The number of esters is 2. The molecule has 2 aliphatic carbocycles. The van der Waals surface area contributed by atoms with Crippen LogP contribution in [-0.4, -0.2) is 52.9 Å². The predicted molar refractivity (Wildman–Crippen MR) is 94.2 cm³/mol. The van der Waals surface area contributed by atoms with E-state index in [2.05, 4.69) is 6.58 Å². The molecule has 0 aromatic rings. The Morgan fingerprint density at radius 1 is 1.52 bits per heavy atom. The zero-order valence-corrected chi connectivity index (χ0v) is 15.4. The van der Waals surface area contributed by atoms with Gasteiger partial charge in [0.2, 0.25) is 0 Å². The van der Waals surface area contributed by atoms with E-state index in [1.807, 2.05) is 0 Å². The molecule has 1 saturated heterocycles. The van der Waals surface area contributed by atoms with Gasteiger partial charge in [-0.15, -0.1) is 0 Å². The normalized spacial score (nSPS) is 38.4. The lowest BCUT2D eigenvalue weighted by Crippen LogP contribution is -2.48. The maximum absolute atomic E-state index is 12.3. The number of allylic oxidation sites excluding steroid dienone is 2. The molecule has 3 rings (SSSR count). The van der Waals surface area contributed by atoms with Crippen molar-refractivity contribution in [1.82, 2.24) is 0 Å². The number of ether oxygens (including phenoxy) is 2. The smallest absolute Gasteiger partial charge is 0.334 e. The molecule has 27 heavy (non-hydrogen) atoms. The Hall–Kier alpha value is -2.25. The van der Waals surface area contributed by atoms with Crippen LogP contribution >= 0.6 is 0 Å². The van der Waals surface area contributed by atoms with E-state index in [1.54, 1.807) is 19.9 Å². The lowest BCUT2D eigenvalue weighted by molar-refractivity contribution is -0.154. The van der Waals surface area contributed by atoms with Crippen LogP contribution in [0.5, 0.6) is 0 Å². The maximum atomic E-state index is 12.3. The van der Waals surface area contributed by atoms with E-state index in [9.17, 15) is 24.6 Å². The Morgan fingerprint density at radius 3 is 2.81 bits per heavy atom. The molecule has 6 atom stereocenters. The number of hydrogen-bond donors (Lipinski definition) is 2. The summed E-state index contributed by atoms with van der Waals surface area (Å²) < 4.78 is 11.1. The average Bonchev–Trinajstić information content (AvgIpc) is 3.10. The molecule has 0 bridgehead atoms. The van der Waals surface area contributed by atoms with E-state index >= 15 is 0 Å². The fraction of sp³-hybridized carbons (Fsp3) is 0.550. The minimum Gasteiger partial charge on any atom is -0.458 e. The van der Waals surface area contributed by atoms with Crippen molar-refractivity contribution in [2.45, 2.75) is 44.5 Å². The monoisotopic (exact) mass is 376 g/mol. The third-order valence-electron chi connectivity index (χ3n) is 6.10. The summed E-state index contributed by atoms with van der Waals surface area (Å²) in [6.07, 6.45) is 2.78. The van der Waals surface area contributed by atoms with Gasteiger partial charge < -0.3 is 19.7 Å². The van der Waals surface area contributed by atoms with Crippen LogP contribution in [0.15, 0.2) is 35.5 Å². The highest BCUT2D eigenvalue weighted by atomic mass is 16.6. The minimum absolute atomic E-state index is 0.130. The van der Waals surface area contributed by atoms with Gasteiger partial charge in [-0.05, 0) is 44.3 Å². The van der Waals surface area contributed by atoms with Gasteiger partial charge >= 0.3 is 11.9 Å². The summed E-state index contributed by atoms with van der Waals surface area (Å²) in [5.74, 6) is -3.01. The molecule has 2 N–H and O–H groups in total. The van der Waals surface area contributed by atoms with Crippen LogP contribution < -0.4 is 0 Å². The molecule has 1 aliphatic heterocycles. The molecular weight excluding hydrogens is 352 g/mol. The number of aliphatic hydroxyl groups excluding tert-OH is 1. The van der Waals surface area contributed by atoms with Gasteiger partial charge in [0.25, 0.3) is 0 Å². The lowest BCUT2D eigenvalue weighted by atomic mass is 9.75. The lowest BCUT2D eigenvalue weighted by Gasteiger charge is -2.36. The van der Waals surface area contributed by atoms with Crippen LogP contribution in [0.3, 0.4) is 0 Å². The number of fused-ring (bicyclic) bond motifs is 3. The van der Waals surface area contributed by atoms with E-state index in [-0.39, 0.29) is 12.0 Å². The van der Waals surface area contributed by atoms with Crippen LogP contribution in [-0.2, 0) is 23.9 Å². The largest absolute Gasteiger partial charge is 0.458 e. The third-order valence-corrected chi connectivity index (χ3v) is 6.10. The maximum Gasteiger partial charge on any atom is 0.334 e. The van der Waals surface area contributed by atoms with E-state index < -0.39 is 54.1 Å².